The van der Waals surface area contributed by atoms with E-state index < -0.39 is 0 Å². The van der Waals surface area contributed by atoms with E-state index in [1.54, 1.807) is 6.33 Å². The lowest BCUT2D eigenvalue weighted by atomic mass is 10.2. The third-order valence-electron chi connectivity index (χ3n) is 7.36. The smallest absolute Gasteiger partial charge is 0.225 e. The zero-order valence-corrected chi connectivity index (χ0v) is 25.2. The standard InChI is InChI=1S/C22H22N6O.C12H11N5/c1-2-6-16(7-3-1)29-13-12-23-22-24-18-9-5-4-8-17(18)21(26-22)25-20-14-19(27-28-20)15-10-11-15;1-8-6-11(17-16-8)15-12-9-4-2-3-5-10(9)13-7-14-12/h1-9,14-15H,10-13H2,(H3,23,24,25,26,27,28);2-7H,1H3,(H2,13,14,15,16,17). The molecule has 0 bridgehead atoms. The molecule has 0 atom stereocenters. The molecule has 5 N–H and O–H groups in total. The van der Waals surface area contributed by atoms with E-state index in [0.717, 1.165) is 56.5 Å². The van der Waals surface area contributed by atoms with Crippen molar-refractivity contribution in [1.29, 1.82) is 0 Å². The Labute approximate surface area is 265 Å². The van der Waals surface area contributed by atoms with Crippen molar-refractivity contribution in [3.05, 3.63) is 109 Å². The summed E-state index contributed by atoms with van der Waals surface area (Å²) in [7, 11) is 0. The summed E-state index contributed by atoms with van der Waals surface area (Å²) >= 11 is 0. The van der Waals surface area contributed by atoms with Crippen LogP contribution in [0.25, 0.3) is 21.8 Å². The average Bonchev–Trinajstić information content (AvgIpc) is 3.70. The Hall–Kier alpha value is -6.04. The maximum Gasteiger partial charge on any atom is 0.225 e. The number of para-hydroxylation sites is 3. The molecular weight excluding hydrogens is 578 g/mol. The lowest BCUT2D eigenvalue weighted by Crippen LogP contribution is -2.14. The van der Waals surface area contributed by atoms with Gasteiger partial charge in [-0.3, -0.25) is 10.2 Å². The summed E-state index contributed by atoms with van der Waals surface area (Å²) < 4.78 is 5.72. The van der Waals surface area contributed by atoms with Crippen LogP contribution in [0.4, 0.5) is 29.2 Å². The van der Waals surface area contributed by atoms with Gasteiger partial charge < -0.3 is 20.7 Å². The first kappa shape index (κ1) is 28.7. The van der Waals surface area contributed by atoms with Gasteiger partial charge in [0.1, 0.15) is 30.3 Å². The molecule has 0 spiro atoms. The zero-order chi connectivity index (χ0) is 31.1. The number of hydrogen-bond acceptors (Lipinski definition) is 10. The molecule has 12 nitrogen and oxygen atoms in total. The molecule has 0 aliphatic heterocycles. The number of aromatic nitrogens is 8. The van der Waals surface area contributed by atoms with E-state index in [-0.39, 0.29) is 0 Å². The van der Waals surface area contributed by atoms with Crippen LogP contribution in [0.1, 0.15) is 30.1 Å². The van der Waals surface area contributed by atoms with Crippen LogP contribution in [-0.4, -0.2) is 53.5 Å². The second kappa shape index (κ2) is 13.3. The highest BCUT2D eigenvalue weighted by atomic mass is 16.5. The summed E-state index contributed by atoms with van der Waals surface area (Å²) in [6.45, 7) is 3.07. The quantitative estimate of drug-likeness (QED) is 0.104. The van der Waals surface area contributed by atoms with E-state index in [9.17, 15) is 0 Å². The number of ether oxygens (including phenoxy) is 1. The van der Waals surface area contributed by atoms with Gasteiger partial charge in [0.15, 0.2) is 11.6 Å². The van der Waals surface area contributed by atoms with Crippen LogP contribution in [0.3, 0.4) is 0 Å². The maximum absolute atomic E-state index is 5.72. The molecule has 1 aliphatic rings. The Bertz CT molecular complexity index is 2050. The van der Waals surface area contributed by atoms with Gasteiger partial charge in [-0.05, 0) is 56.2 Å². The van der Waals surface area contributed by atoms with Gasteiger partial charge in [-0.1, -0.05) is 42.5 Å². The third kappa shape index (κ3) is 7.02. The number of anilines is 5. The number of benzene rings is 3. The number of H-pyrrole nitrogens is 2. The second-order valence-corrected chi connectivity index (χ2v) is 10.9. The third-order valence-corrected chi connectivity index (χ3v) is 7.36. The molecule has 1 saturated carbocycles. The van der Waals surface area contributed by atoms with Crippen molar-refractivity contribution < 1.29 is 4.74 Å². The monoisotopic (exact) mass is 611 g/mol. The molecule has 12 heteroatoms. The van der Waals surface area contributed by atoms with E-state index in [1.807, 2.05) is 91.9 Å². The largest absolute Gasteiger partial charge is 0.492 e. The van der Waals surface area contributed by atoms with Crippen molar-refractivity contribution in [2.45, 2.75) is 25.7 Å². The van der Waals surface area contributed by atoms with Crippen LogP contribution in [-0.2, 0) is 0 Å². The summed E-state index contributed by atoms with van der Waals surface area (Å²) in [5, 5.41) is 26.2. The molecule has 0 radical (unpaired) electrons. The van der Waals surface area contributed by atoms with Crippen LogP contribution in [0, 0.1) is 6.92 Å². The molecule has 3 aromatic carbocycles. The number of aromatic amines is 2. The fourth-order valence-electron chi connectivity index (χ4n) is 4.93. The fraction of sp³-hybridized carbons (Fsp3) is 0.176. The molecule has 4 aromatic heterocycles. The van der Waals surface area contributed by atoms with Crippen molar-refractivity contribution in [2.24, 2.45) is 0 Å². The van der Waals surface area contributed by atoms with E-state index in [1.165, 1.54) is 18.5 Å². The van der Waals surface area contributed by atoms with Crippen LogP contribution in [0.2, 0.25) is 0 Å². The molecule has 8 rings (SSSR count). The highest BCUT2D eigenvalue weighted by Crippen LogP contribution is 2.39. The minimum absolute atomic E-state index is 0.521. The molecular formula is C34H33N11O. The van der Waals surface area contributed by atoms with Crippen LogP contribution in [0.5, 0.6) is 5.75 Å². The highest BCUT2D eigenvalue weighted by Gasteiger charge is 2.25. The van der Waals surface area contributed by atoms with Gasteiger partial charge in [0.2, 0.25) is 5.95 Å². The maximum atomic E-state index is 5.72. The Balaban J connectivity index is 0.000000169. The number of hydrogen-bond donors (Lipinski definition) is 5. The highest BCUT2D eigenvalue weighted by molar-refractivity contribution is 5.91. The Morgan fingerprint density at radius 2 is 1.43 bits per heavy atom. The first-order valence-corrected chi connectivity index (χ1v) is 15.2. The van der Waals surface area contributed by atoms with E-state index in [2.05, 4.69) is 62.3 Å². The molecule has 7 aromatic rings. The van der Waals surface area contributed by atoms with Gasteiger partial charge in [-0.2, -0.15) is 15.2 Å². The summed E-state index contributed by atoms with van der Waals surface area (Å²) in [5.74, 6) is 5.06. The predicted octanol–water partition coefficient (Wildman–Crippen LogP) is 6.87. The van der Waals surface area contributed by atoms with Crippen LogP contribution in [0.15, 0.2) is 97.3 Å². The molecule has 0 unspecified atom stereocenters. The number of rotatable bonds is 10. The van der Waals surface area contributed by atoms with Gasteiger partial charge in [0, 0.05) is 40.2 Å². The van der Waals surface area contributed by atoms with Crippen LogP contribution >= 0.6 is 0 Å². The molecule has 4 heterocycles. The molecule has 1 fully saturated rings. The minimum Gasteiger partial charge on any atom is -0.492 e. The second-order valence-electron chi connectivity index (χ2n) is 10.9. The van der Waals surface area contributed by atoms with Crippen molar-refractivity contribution in [2.75, 3.05) is 29.1 Å². The first-order chi connectivity index (χ1) is 22.7. The van der Waals surface area contributed by atoms with Gasteiger partial charge in [-0.25, -0.2) is 15.0 Å². The number of nitrogens with zero attached hydrogens (tertiary/aromatic N) is 6. The number of nitrogens with one attached hydrogen (secondary N) is 5. The van der Waals surface area contributed by atoms with Crippen LogP contribution < -0.4 is 20.7 Å². The number of fused-ring (bicyclic) bond motifs is 2. The van der Waals surface area contributed by atoms with E-state index in [0.29, 0.717) is 25.0 Å². The van der Waals surface area contributed by atoms with E-state index >= 15 is 0 Å². The lowest BCUT2D eigenvalue weighted by molar-refractivity contribution is 0.332. The minimum atomic E-state index is 0.521. The normalized spacial score (nSPS) is 12.4. The van der Waals surface area contributed by atoms with Crippen molar-refractivity contribution >= 4 is 51.0 Å². The molecule has 46 heavy (non-hydrogen) atoms. The topological polar surface area (TPSA) is 154 Å². The lowest BCUT2D eigenvalue weighted by Gasteiger charge is -2.11. The molecule has 1 aliphatic carbocycles. The number of aryl methyl sites for hydroxylation is 1. The first-order valence-electron chi connectivity index (χ1n) is 15.2. The average molecular weight is 612 g/mol. The van der Waals surface area contributed by atoms with Gasteiger partial charge in [-0.15, -0.1) is 0 Å². The molecule has 0 saturated heterocycles. The Kier molecular flexibility index (Phi) is 8.30. The van der Waals surface area contributed by atoms with E-state index in [4.69, 9.17) is 4.74 Å². The van der Waals surface area contributed by atoms with Gasteiger partial charge in [0.25, 0.3) is 0 Å². The SMILES string of the molecule is Cc1cc(Nc2ncnc3ccccc23)n[nH]1.c1ccc(OCCNc2nc(Nc3cc(C4CC4)[nH]n3)c3ccccc3n2)cc1. The summed E-state index contributed by atoms with van der Waals surface area (Å²) in [6, 6.07) is 29.6. The summed E-state index contributed by atoms with van der Waals surface area (Å²) in [5.41, 5.74) is 3.97. The predicted molar refractivity (Wildman–Crippen MR) is 180 cm³/mol. The van der Waals surface area contributed by atoms with Crippen molar-refractivity contribution in [3.8, 4) is 5.75 Å². The zero-order valence-electron chi connectivity index (χ0n) is 25.2. The molecule has 0 amide bonds. The van der Waals surface area contributed by atoms with Crippen molar-refractivity contribution in [1.82, 2.24) is 40.3 Å². The fourth-order valence-corrected chi connectivity index (χ4v) is 4.93. The van der Waals surface area contributed by atoms with Gasteiger partial charge in [0.05, 0.1) is 17.6 Å². The van der Waals surface area contributed by atoms with Crippen molar-refractivity contribution in [3.63, 3.8) is 0 Å². The van der Waals surface area contributed by atoms with Gasteiger partial charge >= 0.3 is 0 Å². The summed E-state index contributed by atoms with van der Waals surface area (Å²) in [4.78, 5) is 17.7. The Morgan fingerprint density at radius 3 is 2.22 bits per heavy atom. The molecule has 230 valence electrons. The summed E-state index contributed by atoms with van der Waals surface area (Å²) in [6.07, 6.45) is 4.01. The Morgan fingerprint density at radius 1 is 0.739 bits per heavy atom.